The summed E-state index contributed by atoms with van der Waals surface area (Å²) >= 11 is 5.97. The maximum absolute atomic E-state index is 13.8. The van der Waals surface area contributed by atoms with Crippen LogP contribution in [0.15, 0.2) is 48.5 Å². The van der Waals surface area contributed by atoms with E-state index < -0.39 is 41.7 Å². The highest BCUT2D eigenvalue weighted by molar-refractivity contribution is 6.30. The van der Waals surface area contributed by atoms with Gasteiger partial charge in [-0.05, 0) is 41.7 Å². The van der Waals surface area contributed by atoms with Gasteiger partial charge in [-0.2, -0.15) is 17.6 Å². The summed E-state index contributed by atoms with van der Waals surface area (Å²) in [6.07, 6.45) is -0.514. The standard InChI is InChI=1S/C22H20ClF4NO5/c1-12(18(29)30)9-17(28-19(31)21(24,25)22(26,27)20(32)33)10-13-5-7-14(8-6-13)15-3-2-4-16(23)11-15/h2-8,11-12,17H,9-10H2,1H3,(H,28,31)(H,29,30)(H,32,33). The fraction of sp³-hybridized carbons (Fsp3) is 0.318. The average Bonchev–Trinajstić information content (AvgIpc) is 2.73. The van der Waals surface area contributed by atoms with Gasteiger partial charge in [-0.3, -0.25) is 9.59 Å². The molecule has 2 rings (SSSR count). The first-order valence-electron chi connectivity index (χ1n) is 9.63. The van der Waals surface area contributed by atoms with E-state index in [0.717, 1.165) is 11.1 Å². The van der Waals surface area contributed by atoms with Crippen LogP contribution in [0.1, 0.15) is 18.9 Å². The number of carbonyl (C=O) groups excluding carboxylic acids is 1. The van der Waals surface area contributed by atoms with Gasteiger partial charge >= 0.3 is 23.8 Å². The van der Waals surface area contributed by atoms with Crippen molar-refractivity contribution in [3.8, 4) is 11.1 Å². The maximum atomic E-state index is 13.8. The topological polar surface area (TPSA) is 104 Å². The number of aliphatic carboxylic acids is 2. The number of hydrogen-bond acceptors (Lipinski definition) is 3. The lowest BCUT2D eigenvalue weighted by Gasteiger charge is -2.26. The molecule has 2 aromatic carbocycles. The monoisotopic (exact) mass is 489 g/mol. The molecule has 0 bridgehead atoms. The van der Waals surface area contributed by atoms with Gasteiger partial charge in [0, 0.05) is 11.1 Å². The number of carbonyl (C=O) groups is 3. The van der Waals surface area contributed by atoms with Crippen molar-refractivity contribution in [3.05, 3.63) is 59.1 Å². The van der Waals surface area contributed by atoms with Crippen molar-refractivity contribution in [3.63, 3.8) is 0 Å². The number of nitrogens with one attached hydrogen (secondary N) is 1. The largest absolute Gasteiger partial charge is 0.481 e. The summed E-state index contributed by atoms with van der Waals surface area (Å²) in [5.41, 5.74) is 2.07. The van der Waals surface area contributed by atoms with E-state index in [-0.39, 0.29) is 12.8 Å². The molecule has 0 radical (unpaired) electrons. The van der Waals surface area contributed by atoms with E-state index in [2.05, 4.69) is 0 Å². The van der Waals surface area contributed by atoms with Crippen LogP contribution in [0, 0.1) is 5.92 Å². The second-order valence-electron chi connectivity index (χ2n) is 7.51. The van der Waals surface area contributed by atoms with Crippen molar-refractivity contribution in [1.29, 1.82) is 0 Å². The van der Waals surface area contributed by atoms with Crippen LogP contribution >= 0.6 is 11.6 Å². The van der Waals surface area contributed by atoms with Gasteiger partial charge in [0.05, 0.1) is 5.92 Å². The molecule has 0 fully saturated rings. The Balaban J connectivity index is 2.24. The molecule has 0 aliphatic heterocycles. The first kappa shape index (κ1) is 26.1. The number of rotatable bonds is 10. The molecule has 0 heterocycles. The second-order valence-corrected chi connectivity index (χ2v) is 7.95. The van der Waals surface area contributed by atoms with Crippen molar-refractivity contribution < 1.29 is 42.2 Å². The third-order valence-electron chi connectivity index (χ3n) is 4.94. The molecule has 3 N–H and O–H groups in total. The van der Waals surface area contributed by atoms with E-state index >= 15 is 0 Å². The first-order valence-corrected chi connectivity index (χ1v) is 10.0. The van der Waals surface area contributed by atoms with Gasteiger partial charge in [0.25, 0.3) is 5.91 Å². The summed E-state index contributed by atoms with van der Waals surface area (Å²) in [7, 11) is 0. The van der Waals surface area contributed by atoms with Gasteiger partial charge in [0.15, 0.2) is 0 Å². The molecule has 6 nitrogen and oxygen atoms in total. The zero-order valence-electron chi connectivity index (χ0n) is 17.2. The molecule has 1 amide bonds. The van der Waals surface area contributed by atoms with Crippen molar-refractivity contribution in [2.24, 2.45) is 5.92 Å². The molecule has 0 aliphatic carbocycles. The van der Waals surface area contributed by atoms with Crippen molar-refractivity contribution in [2.75, 3.05) is 0 Å². The highest BCUT2D eigenvalue weighted by atomic mass is 35.5. The number of halogens is 5. The lowest BCUT2D eigenvalue weighted by Crippen LogP contribution is -2.58. The van der Waals surface area contributed by atoms with Gasteiger partial charge in [-0.1, -0.05) is 54.9 Å². The lowest BCUT2D eigenvalue weighted by molar-refractivity contribution is -0.222. The van der Waals surface area contributed by atoms with Crippen molar-refractivity contribution in [2.45, 2.75) is 37.7 Å². The van der Waals surface area contributed by atoms with Gasteiger partial charge in [0.2, 0.25) is 0 Å². The number of carboxylic acids is 2. The fourth-order valence-electron chi connectivity index (χ4n) is 3.06. The van der Waals surface area contributed by atoms with Gasteiger partial charge in [-0.25, -0.2) is 4.79 Å². The molecular weight excluding hydrogens is 470 g/mol. The number of benzene rings is 2. The van der Waals surface area contributed by atoms with Crippen molar-refractivity contribution >= 4 is 29.4 Å². The zero-order valence-corrected chi connectivity index (χ0v) is 18.0. The zero-order chi connectivity index (χ0) is 25.0. The Bertz CT molecular complexity index is 1030. The number of carboxylic acid groups (broad SMARTS) is 2. The summed E-state index contributed by atoms with van der Waals surface area (Å²) in [4.78, 5) is 33.5. The minimum Gasteiger partial charge on any atom is -0.481 e. The molecule has 0 saturated carbocycles. The summed E-state index contributed by atoms with van der Waals surface area (Å²) < 4.78 is 54.4. The Kier molecular flexibility index (Phi) is 8.07. The van der Waals surface area contributed by atoms with Crippen LogP contribution in [0.3, 0.4) is 0 Å². The summed E-state index contributed by atoms with van der Waals surface area (Å²) in [5.74, 6) is -19.2. The molecule has 2 aromatic rings. The number of alkyl halides is 4. The number of hydrogen-bond donors (Lipinski definition) is 3. The summed E-state index contributed by atoms with van der Waals surface area (Å²) in [6.45, 7) is 1.26. The van der Waals surface area contributed by atoms with E-state index in [1.54, 1.807) is 47.8 Å². The predicted octanol–water partition coefficient (Wildman–Crippen LogP) is 4.50. The molecule has 0 aliphatic rings. The van der Waals surface area contributed by atoms with Crippen LogP contribution in [0.2, 0.25) is 5.02 Å². The molecule has 33 heavy (non-hydrogen) atoms. The molecule has 11 heteroatoms. The Morgan fingerprint density at radius 2 is 1.58 bits per heavy atom. The Morgan fingerprint density at radius 3 is 2.09 bits per heavy atom. The Labute approximate surface area is 191 Å². The van der Waals surface area contributed by atoms with Gasteiger partial charge < -0.3 is 15.5 Å². The van der Waals surface area contributed by atoms with Crippen LogP contribution in [-0.2, 0) is 20.8 Å². The quantitative estimate of drug-likeness (QED) is 0.426. The first-order chi connectivity index (χ1) is 15.3. The second kappa shape index (κ2) is 10.2. The fourth-order valence-corrected chi connectivity index (χ4v) is 3.25. The SMILES string of the molecule is CC(CC(Cc1ccc(-c2cccc(Cl)c2)cc1)NC(=O)C(F)(F)C(F)(F)C(=O)O)C(=O)O. The normalized spacial score (nSPS) is 13.8. The average molecular weight is 490 g/mol. The minimum atomic E-state index is -5.64. The molecule has 178 valence electrons. The molecule has 0 saturated heterocycles. The Morgan fingerprint density at radius 1 is 0.970 bits per heavy atom. The molecule has 0 aromatic heterocycles. The van der Waals surface area contributed by atoms with Crippen molar-refractivity contribution in [1.82, 2.24) is 5.32 Å². The van der Waals surface area contributed by atoms with E-state index in [1.165, 1.54) is 6.92 Å². The minimum absolute atomic E-state index is 0.159. The van der Waals surface area contributed by atoms with E-state index in [1.807, 2.05) is 6.07 Å². The third kappa shape index (κ3) is 6.22. The van der Waals surface area contributed by atoms with Crippen LogP contribution < -0.4 is 5.32 Å². The lowest BCUT2D eigenvalue weighted by atomic mass is 9.94. The molecule has 2 unspecified atom stereocenters. The molecule has 0 spiro atoms. The highest BCUT2D eigenvalue weighted by Gasteiger charge is 2.67. The van der Waals surface area contributed by atoms with Gasteiger partial charge in [0.1, 0.15) is 0 Å². The molecule has 2 atom stereocenters. The van der Waals surface area contributed by atoms with E-state index in [9.17, 15) is 31.9 Å². The number of amides is 1. The van der Waals surface area contributed by atoms with Crippen LogP contribution in [0.25, 0.3) is 11.1 Å². The molecular formula is C22H20ClF4NO5. The summed E-state index contributed by atoms with van der Waals surface area (Å²) in [5, 5.41) is 19.7. The smallest absolute Gasteiger partial charge is 0.413 e. The van der Waals surface area contributed by atoms with Crippen LogP contribution in [0.5, 0.6) is 0 Å². The van der Waals surface area contributed by atoms with E-state index in [0.29, 0.717) is 10.6 Å². The van der Waals surface area contributed by atoms with Crippen LogP contribution in [-0.4, -0.2) is 45.9 Å². The Hall–Kier alpha value is -3.14. The highest BCUT2D eigenvalue weighted by Crippen LogP contribution is 2.35. The predicted molar refractivity (Wildman–Crippen MR) is 111 cm³/mol. The van der Waals surface area contributed by atoms with E-state index in [4.69, 9.17) is 21.8 Å². The maximum Gasteiger partial charge on any atom is 0.413 e. The van der Waals surface area contributed by atoms with Gasteiger partial charge in [-0.15, -0.1) is 0 Å². The third-order valence-corrected chi connectivity index (χ3v) is 5.17. The van der Waals surface area contributed by atoms with Crippen LogP contribution in [0.4, 0.5) is 17.6 Å². The summed E-state index contributed by atoms with van der Waals surface area (Å²) in [6, 6.07) is 12.3.